The normalized spacial score (nSPS) is 11.6. The van der Waals surface area contributed by atoms with Gasteiger partial charge in [0.25, 0.3) is 12.3 Å². The summed E-state index contributed by atoms with van der Waals surface area (Å²) in [5, 5.41) is 0. The molecule has 0 atom stereocenters. The fourth-order valence-electron chi connectivity index (χ4n) is 1.20. The molecule has 0 bridgehead atoms. The van der Waals surface area contributed by atoms with E-state index in [4.69, 9.17) is 5.73 Å². The number of rotatable bonds is 3. The first-order chi connectivity index (χ1) is 7.72. The minimum absolute atomic E-state index is 0.736. The number of carbonyl (C=O) groups is 1. The largest absolute Gasteiger partial charge is 0.573 e. The van der Waals surface area contributed by atoms with Crippen LogP contribution in [0.1, 0.15) is 22.3 Å². The summed E-state index contributed by atoms with van der Waals surface area (Å²) < 4.78 is 64.2. The molecule has 0 unspecified atom stereocenters. The highest BCUT2D eigenvalue weighted by atomic mass is 19.4. The maximum absolute atomic E-state index is 12.5. The Morgan fingerprint density at radius 1 is 1.29 bits per heavy atom. The topological polar surface area (TPSA) is 52.3 Å². The molecule has 1 rings (SSSR count). The molecule has 0 aliphatic carbocycles. The van der Waals surface area contributed by atoms with E-state index in [9.17, 15) is 26.7 Å². The number of primary amides is 1. The molecule has 1 aromatic carbocycles. The van der Waals surface area contributed by atoms with Crippen LogP contribution in [0, 0.1) is 0 Å². The van der Waals surface area contributed by atoms with Crippen LogP contribution in [0.4, 0.5) is 22.0 Å². The van der Waals surface area contributed by atoms with Gasteiger partial charge in [-0.25, -0.2) is 8.78 Å². The van der Waals surface area contributed by atoms with E-state index >= 15 is 0 Å². The number of hydrogen-bond acceptors (Lipinski definition) is 2. The van der Waals surface area contributed by atoms with E-state index in [-0.39, 0.29) is 0 Å². The second-order valence-corrected chi connectivity index (χ2v) is 2.93. The molecule has 1 aromatic rings. The molecule has 0 saturated heterocycles. The number of nitrogens with two attached hydrogens (primary N) is 1. The zero-order valence-corrected chi connectivity index (χ0v) is 8.09. The Morgan fingerprint density at radius 2 is 1.88 bits per heavy atom. The van der Waals surface area contributed by atoms with Gasteiger partial charge in [-0.05, 0) is 6.07 Å². The van der Waals surface area contributed by atoms with Gasteiger partial charge in [0.2, 0.25) is 0 Å². The van der Waals surface area contributed by atoms with Crippen LogP contribution in [0.3, 0.4) is 0 Å². The van der Waals surface area contributed by atoms with Crippen LogP contribution in [0.15, 0.2) is 18.2 Å². The summed E-state index contributed by atoms with van der Waals surface area (Å²) in [6.45, 7) is 0. The van der Waals surface area contributed by atoms with E-state index in [1.165, 1.54) is 0 Å². The lowest BCUT2D eigenvalue weighted by Gasteiger charge is -2.14. The highest BCUT2D eigenvalue weighted by Gasteiger charge is 2.34. The second kappa shape index (κ2) is 4.56. The lowest BCUT2D eigenvalue weighted by atomic mass is 10.1. The quantitative estimate of drug-likeness (QED) is 0.844. The maximum atomic E-state index is 12.5. The minimum Gasteiger partial charge on any atom is -0.405 e. The average Bonchev–Trinajstić information content (AvgIpc) is 2.14. The van der Waals surface area contributed by atoms with Crippen LogP contribution in [-0.4, -0.2) is 12.3 Å². The zero-order valence-electron chi connectivity index (χ0n) is 8.09. The van der Waals surface area contributed by atoms with E-state index < -0.39 is 35.6 Å². The summed E-state index contributed by atoms with van der Waals surface area (Å²) in [7, 11) is 0. The van der Waals surface area contributed by atoms with Crippen LogP contribution < -0.4 is 10.5 Å². The van der Waals surface area contributed by atoms with Crippen LogP contribution in [-0.2, 0) is 0 Å². The van der Waals surface area contributed by atoms with Crippen molar-refractivity contribution in [2.45, 2.75) is 12.8 Å². The van der Waals surface area contributed by atoms with E-state index in [1.54, 1.807) is 0 Å². The smallest absolute Gasteiger partial charge is 0.405 e. The van der Waals surface area contributed by atoms with Crippen LogP contribution in [0.25, 0.3) is 0 Å². The van der Waals surface area contributed by atoms with E-state index in [0.29, 0.717) is 0 Å². The predicted octanol–water partition coefficient (Wildman–Crippen LogP) is 2.62. The summed E-state index contributed by atoms with van der Waals surface area (Å²) >= 11 is 0. The van der Waals surface area contributed by atoms with Crippen LogP contribution >= 0.6 is 0 Å². The van der Waals surface area contributed by atoms with Gasteiger partial charge in [-0.3, -0.25) is 4.79 Å². The highest BCUT2D eigenvalue weighted by molar-refractivity contribution is 5.97. The van der Waals surface area contributed by atoms with Crippen molar-refractivity contribution in [2.24, 2.45) is 5.73 Å². The summed E-state index contributed by atoms with van der Waals surface area (Å²) in [5.41, 5.74) is 2.88. The average molecular weight is 255 g/mol. The molecule has 8 heteroatoms. The van der Waals surface area contributed by atoms with Gasteiger partial charge in [0.05, 0.1) is 5.56 Å². The monoisotopic (exact) mass is 255 g/mol. The molecule has 3 nitrogen and oxygen atoms in total. The molecular weight excluding hydrogens is 249 g/mol. The Morgan fingerprint density at radius 3 is 2.29 bits per heavy atom. The Labute approximate surface area is 92.0 Å². The molecule has 94 valence electrons. The van der Waals surface area contributed by atoms with Crippen LogP contribution in [0.2, 0.25) is 0 Å². The number of amides is 1. The highest BCUT2D eigenvalue weighted by Crippen LogP contribution is 2.32. The zero-order chi connectivity index (χ0) is 13.2. The van der Waals surface area contributed by atoms with Crippen molar-refractivity contribution in [3.05, 3.63) is 29.3 Å². The lowest BCUT2D eigenvalue weighted by Crippen LogP contribution is -2.22. The van der Waals surface area contributed by atoms with Gasteiger partial charge >= 0.3 is 6.36 Å². The van der Waals surface area contributed by atoms with E-state index in [2.05, 4.69) is 4.74 Å². The van der Waals surface area contributed by atoms with Gasteiger partial charge < -0.3 is 10.5 Å². The first kappa shape index (κ1) is 13.2. The fourth-order valence-corrected chi connectivity index (χ4v) is 1.20. The van der Waals surface area contributed by atoms with Crippen molar-refractivity contribution < 1.29 is 31.5 Å². The third-order valence-corrected chi connectivity index (χ3v) is 1.77. The molecular formula is C9H6F5NO2. The molecule has 1 amide bonds. The third kappa shape index (κ3) is 3.30. The van der Waals surface area contributed by atoms with Gasteiger partial charge in [0.1, 0.15) is 5.75 Å². The summed E-state index contributed by atoms with van der Waals surface area (Å²) in [4.78, 5) is 10.9. The Balaban J connectivity index is 3.30. The Bertz CT molecular complexity index is 430. The fraction of sp³-hybridized carbons (Fsp3) is 0.222. The first-order valence-corrected chi connectivity index (χ1v) is 4.19. The number of alkyl halides is 5. The van der Waals surface area contributed by atoms with E-state index in [0.717, 1.165) is 18.2 Å². The molecule has 0 aliphatic heterocycles. The number of hydrogen-bond donors (Lipinski definition) is 1. The number of ether oxygens (including phenoxy) is 1. The molecule has 0 aliphatic rings. The molecule has 0 spiro atoms. The van der Waals surface area contributed by atoms with Crippen molar-refractivity contribution in [3.63, 3.8) is 0 Å². The second-order valence-electron chi connectivity index (χ2n) is 2.93. The first-order valence-electron chi connectivity index (χ1n) is 4.19. The molecule has 17 heavy (non-hydrogen) atoms. The van der Waals surface area contributed by atoms with E-state index in [1.807, 2.05) is 0 Å². The lowest BCUT2D eigenvalue weighted by molar-refractivity contribution is -0.274. The number of benzene rings is 1. The third-order valence-electron chi connectivity index (χ3n) is 1.77. The predicted molar refractivity (Wildman–Crippen MR) is 46.6 cm³/mol. The molecule has 0 radical (unpaired) electrons. The number of halogens is 5. The molecule has 0 heterocycles. The van der Waals surface area contributed by atoms with Crippen molar-refractivity contribution in [1.29, 1.82) is 0 Å². The molecule has 2 N–H and O–H groups in total. The molecule has 0 fully saturated rings. The van der Waals surface area contributed by atoms with Gasteiger partial charge in [0, 0.05) is 5.56 Å². The van der Waals surface area contributed by atoms with Gasteiger partial charge in [0.15, 0.2) is 0 Å². The Hall–Kier alpha value is -1.86. The van der Waals surface area contributed by atoms with Crippen molar-refractivity contribution in [1.82, 2.24) is 0 Å². The standard InChI is InChI=1S/C9H6F5NO2/c10-7(11)4-2-1-3-5(6(4)8(15)16)17-9(12,13)14/h1-3,7H,(H2,15,16). The Kier molecular flexibility index (Phi) is 3.54. The number of carbonyl (C=O) groups excluding carboxylic acids is 1. The molecule has 0 saturated carbocycles. The van der Waals surface area contributed by atoms with Crippen LogP contribution in [0.5, 0.6) is 5.75 Å². The van der Waals surface area contributed by atoms with Crippen molar-refractivity contribution in [2.75, 3.05) is 0 Å². The van der Waals surface area contributed by atoms with Gasteiger partial charge in [-0.2, -0.15) is 0 Å². The maximum Gasteiger partial charge on any atom is 0.573 e. The van der Waals surface area contributed by atoms with Crippen molar-refractivity contribution in [3.8, 4) is 5.75 Å². The SMILES string of the molecule is NC(=O)c1c(OC(F)(F)F)cccc1C(F)F. The van der Waals surface area contributed by atoms with Gasteiger partial charge in [-0.15, -0.1) is 13.2 Å². The van der Waals surface area contributed by atoms with Gasteiger partial charge in [-0.1, -0.05) is 12.1 Å². The summed E-state index contributed by atoms with van der Waals surface area (Å²) in [6.07, 6.45) is -8.22. The van der Waals surface area contributed by atoms with Crippen molar-refractivity contribution >= 4 is 5.91 Å². The minimum atomic E-state index is -5.09. The summed E-state index contributed by atoms with van der Waals surface area (Å²) in [6, 6.07) is 2.45. The molecule has 0 aromatic heterocycles. The summed E-state index contributed by atoms with van der Waals surface area (Å²) in [5.74, 6) is -2.46.